The fourth-order valence-corrected chi connectivity index (χ4v) is 3.73. The number of carbonyl (C=O) groups excluding carboxylic acids is 3. The van der Waals surface area contributed by atoms with Gasteiger partial charge in [0.05, 0.1) is 18.2 Å². The number of nitrogens with zero attached hydrogens (tertiary/aromatic N) is 2. The molecule has 0 aliphatic carbocycles. The number of fused-ring (bicyclic) bond motifs is 1. The number of para-hydroxylation sites is 2. The van der Waals surface area contributed by atoms with Crippen molar-refractivity contribution in [3.05, 3.63) is 24.3 Å². The van der Waals surface area contributed by atoms with E-state index in [0.717, 1.165) is 0 Å². The first kappa shape index (κ1) is 19.2. The lowest BCUT2D eigenvalue weighted by atomic mass is 9.93. The molecule has 2 aliphatic heterocycles. The normalized spacial score (nSPS) is 22.9. The Morgan fingerprint density at radius 3 is 2.52 bits per heavy atom. The van der Waals surface area contributed by atoms with E-state index in [9.17, 15) is 14.4 Å². The SMILES string of the molecule is CCOC(=O)C1CCN(C(=O)C2(C)Oc3ccccc3N(CC)C2=O)CC1. The molecule has 2 aliphatic rings. The number of hydrogen-bond acceptors (Lipinski definition) is 5. The van der Waals surface area contributed by atoms with Gasteiger partial charge in [-0.3, -0.25) is 14.4 Å². The Labute approximate surface area is 159 Å². The number of hydrogen-bond donors (Lipinski definition) is 0. The predicted molar refractivity (Wildman–Crippen MR) is 99.4 cm³/mol. The standard InChI is InChI=1S/C20H26N2O5/c1-4-22-15-8-6-7-9-16(15)27-20(3,19(22)25)18(24)21-12-10-14(11-13-21)17(23)26-5-2/h6-9,14H,4-5,10-13H2,1-3H3. The van der Waals surface area contributed by atoms with E-state index in [1.54, 1.807) is 22.8 Å². The highest BCUT2D eigenvalue weighted by Gasteiger charge is 2.52. The van der Waals surface area contributed by atoms with Crippen molar-refractivity contribution < 1.29 is 23.9 Å². The van der Waals surface area contributed by atoms with Crippen LogP contribution in [0.3, 0.4) is 0 Å². The maximum absolute atomic E-state index is 13.2. The van der Waals surface area contributed by atoms with Gasteiger partial charge in [0.25, 0.3) is 17.4 Å². The van der Waals surface area contributed by atoms with E-state index in [0.29, 0.717) is 50.5 Å². The van der Waals surface area contributed by atoms with Crippen LogP contribution in [0.15, 0.2) is 24.3 Å². The molecule has 0 bridgehead atoms. The Hall–Kier alpha value is -2.57. The van der Waals surface area contributed by atoms with Gasteiger partial charge in [-0.05, 0) is 45.7 Å². The fourth-order valence-electron chi connectivity index (χ4n) is 3.73. The highest BCUT2D eigenvalue weighted by Crippen LogP contribution is 2.38. The average Bonchev–Trinajstić information content (AvgIpc) is 2.69. The van der Waals surface area contributed by atoms with E-state index in [4.69, 9.17) is 9.47 Å². The molecular formula is C20H26N2O5. The molecule has 1 fully saturated rings. The van der Waals surface area contributed by atoms with Crippen LogP contribution in [0.25, 0.3) is 0 Å². The summed E-state index contributed by atoms with van der Waals surface area (Å²) in [5.41, 5.74) is -0.919. The van der Waals surface area contributed by atoms with Gasteiger partial charge in [0.15, 0.2) is 0 Å². The molecule has 27 heavy (non-hydrogen) atoms. The molecule has 1 aromatic rings. The monoisotopic (exact) mass is 374 g/mol. The van der Waals surface area contributed by atoms with Gasteiger partial charge in [-0.2, -0.15) is 0 Å². The number of amides is 2. The van der Waals surface area contributed by atoms with Crippen molar-refractivity contribution >= 4 is 23.5 Å². The van der Waals surface area contributed by atoms with Crippen LogP contribution in [-0.2, 0) is 19.1 Å². The maximum Gasteiger partial charge on any atom is 0.309 e. The Kier molecular flexibility index (Phi) is 5.39. The smallest absolute Gasteiger partial charge is 0.309 e. The number of benzene rings is 1. The number of piperidine rings is 1. The zero-order chi connectivity index (χ0) is 19.6. The first-order valence-electron chi connectivity index (χ1n) is 9.48. The van der Waals surface area contributed by atoms with Gasteiger partial charge >= 0.3 is 5.97 Å². The van der Waals surface area contributed by atoms with E-state index < -0.39 is 5.60 Å². The summed E-state index contributed by atoms with van der Waals surface area (Å²) in [5, 5.41) is 0. The summed E-state index contributed by atoms with van der Waals surface area (Å²) in [5.74, 6) is -0.607. The van der Waals surface area contributed by atoms with Crippen LogP contribution < -0.4 is 9.64 Å². The molecule has 0 N–H and O–H groups in total. The molecule has 7 nitrogen and oxygen atoms in total. The summed E-state index contributed by atoms with van der Waals surface area (Å²) in [6.07, 6.45) is 1.06. The molecule has 0 saturated carbocycles. The Bertz CT molecular complexity index is 742. The zero-order valence-electron chi connectivity index (χ0n) is 16.1. The minimum Gasteiger partial charge on any atom is -0.466 e. The molecule has 146 valence electrons. The molecule has 3 rings (SSSR count). The number of likely N-dealkylation sites (tertiary alicyclic amines) is 1. The number of esters is 1. The zero-order valence-corrected chi connectivity index (χ0v) is 16.1. The quantitative estimate of drug-likeness (QED) is 0.595. The molecule has 0 spiro atoms. The summed E-state index contributed by atoms with van der Waals surface area (Å²) in [7, 11) is 0. The number of rotatable bonds is 4. The van der Waals surface area contributed by atoms with Crippen molar-refractivity contribution in [3.8, 4) is 5.75 Å². The van der Waals surface area contributed by atoms with Crippen LogP contribution in [0.2, 0.25) is 0 Å². The van der Waals surface area contributed by atoms with Crippen LogP contribution >= 0.6 is 0 Å². The first-order chi connectivity index (χ1) is 12.9. The molecule has 1 aromatic carbocycles. The van der Waals surface area contributed by atoms with Gasteiger partial charge in [0, 0.05) is 19.6 Å². The van der Waals surface area contributed by atoms with Crippen molar-refractivity contribution in [2.75, 3.05) is 31.1 Å². The molecule has 1 unspecified atom stereocenters. The molecule has 0 aromatic heterocycles. The highest BCUT2D eigenvalue weighted by atomic mass is 16.5. The second-order valence-corrected chi connectivity index (χ2v) is 6.97. The Morgan fingerprint density at radius 1 is 1.22 bits per heavy atom. The van der Waals surface area contributed by atoms with Gasteiger partial charge in [-0.25, -0.2) is 0 Å². The van der Waals surface area contributed by atoms with Crippen molar-refractivity contribution in [3.63, 3.8) is 0 Å². The summed E-state index contributed by atoms with van der Waals surface area (Å²) in [6, 6.07) is 7.23. The second kappa shape index (κ2) is 7.58. The van der Waals surface area contributed by atoms with Gasteiger partial charge in [0.1, 0.15) is 5.75 Å². The first-order valence-corrected chi connectivity index (χ1v) is 9.48. The minimum atomic E-state index is -1.60. The Morgan fingerprint density at radius 2 is 1.89 bits per heavy atom. The predicted octanol–water partition coefficient (Wildman–Crippen LogP) is 1.99. The van der Waals surface area contributed by atoms with Crippen LogP contribution in [0.4, 0.5) is 5.69 Å². The molecule has 1 saturated heterocycles. The summed E-state index contributed by atoms with van der Waals surface area (Å²) in [4.78, 5) is 41.4. The third-order valence-corrected chi connectivity index (χ3v) is 5.25. The van der Waals surface area contributed by atoms with Gasteiger partial charge in [-0.1, -0.05) is 12.1 Å². The van der Waals surface area contributed by atoms with Crippen LogP contribution in [0.5, 0.6) is 5.75 Å². The molecule has 1 atom stereocenters. The maximum atomic E-state index is 13.2. The lowest BCUT2D eigenvalue weighted by Gasteiger charge is -2.42. The lowest BCUT2D eigenvalue weighted by Crippen LogP contribution is -2.63. The number of ether oxygens (including phenoxy) is 2. The van der Waals surface area contributed by atoms with Crippen LogP contribution in [0.1, 0.15) is 33.6 Å². The number of anilines is 1. The third kappa shape index (κ3) is 3.38. The van der Waals surface area contributed by atoms with Gasteiger partial charge < -0.3 is 19.3 Å². The summed E-state index contributed by atoms with van der Waals surface area (Å²) >= 11 is 0. The third-order valence-electron chi connectivity index (χ3n) is 5.25. The molecule has 0 radical (unpaired) electrons. The molecule has 2 heterocycles. The molecule has 2 amide bonds. The highest BCUT2D eigenvalue weighted by molar-refractivity contribution is 6.16. The number of carbonyl (C=O) groups is 3. The topological polar surface area (TPSA) is 76.2 Å². The van der Waals surface area contributed by atoms with Gasteiger partial charge in [0.2, 0.25) is 0 Å². The van der Waals surface area contributed by atoms with E-state index in [-0.39, 0.29) is 23.7 Å². The van der Waals surface area contributed by atoms with Crippen molar-refractivity contribution in [1.82, 2.24) is 4.90 Å². The minimum absolute atomic E-state index is 0.197. The number of likely N-dealkylation sites (N-methyl/N-ethyl adjacent to an activating group) is 1. The van der Waals surface area contributed by atoms with Crippen molar-refractivity contribution in [2.24, 2.45) is 5.92 Å². The van der Waals surface area contributed by atoms with Crippen molar-refractivity contribution in [1.29, 1.82) is 0 Å². The Balaban J connectivity index is 1.77. The average molecular weight is 374 g/mol. The van der Waals surface area contributed by atoms with Crippen LogP contribution in [0, 0.1) is 5.92 Å². The summed E-state index contributed by atoms with van der Waals surface area (Å²) < 4.78 is 11.0. The van der Waals surface area contributed by atoms with Gasteiger partial charge in [-0.15, -0.1) is 0 Å². The molecular weight excluding hydrogens is 348 g/mol. The lowest BCUT2D eigenvalue weighted by molar-refractivity contribution is -0.160. The van der Waals surface area contributed by atoms with E-state index >= 15 is 0 Å². The van der Waals surface area contributed by atoms with E-state index in [1.807, 2.05) is 25.1 Å². The summed E-state index contributed by atoms with van der Waals surface area (Å²) in [6.45, 7) is 6.80. The largest absolute Gasteiger partial charge is 0.466 e. The van der Waals surface area contributed by atoms with E-state index in [1.165, 1.54) is 6.92 Å². The second-order valence-electron chi connectivity index (χ2n) is 6.97. The van der Waals surface area contributed by atoms with E-state index in [2.05, 4.69) is 0 Å². The van der Waals surface area contributed by atoms with Crippen LogP contribution in [-0.4, -0.2) is 54.5 Å². The van der Waals surface area contributed by atoms with Crippen molar-refractivity contribution in [2.45, 2.75) is 39.2 Å². The fraction of sp³-hybridized carbons (Fsp3) is 0.550. The molecule has 7 heteroatoms.